The summed E-state index contributed by atoms with van der Waals surface area (Å²) >= 11 is 7.74. The van der Waals surface area contributed by atoms with E-state index in [1.165, 1.54) is 4.88 Å². The summed E-state index contributed by atoms with van der Waals surface area (Å²) in [5, 5.41) is 2.79. The number of hydrogen-bond acceptors (Lipinski definition) is 3. The number of thiophene rings is 1. The maximum atomic E-state index is 6.18. The molecule has 0 aliphatic rings. The molecular weight excluding hydrogens is 266 g/mol. The predicted octanol–water partition coefficient (Wildman–Crippen LogP) is 3.52. The molecule has 0 bridgehead atoms. The molecule has 0 radical (unpaired) electrons. The first-order valence-corrected chi connectivity index (χ1v) is 7.05. The molecule has 1 atom stereocenters. The molecule has 2 N–H and O–H groups in total. The van der Waals surface area contributed by atoms with E-state index < -0.39 is 0 Å². The first-order valence-electron chi connectivity index (χ1n) is 5.79. The Hall–Kier alpha value is -1.03. The normalized spacial score (nSPS) is 12.4. The molecular formula is C14H16ClNOS. The van der Waals surface area contributed by atoms with Gasteiger partial charge >= 0.3 is 0 Å². The first kappa shape index (κ1) is 13.4. The molecule has 1 aromatic carbocycles. The highest BCUT2D eigenvalue weighted by molar-refractivity contribution is 7.09. The first-order chi connectivity index (χ1) is 8.69. The number of nitrogens with two attached hydrogens (primary N) is 1. The minimum absolute atomic E-state index is 0.0796. The molecule has 0 saturated heterocycles. The minimum atomic E-state index is 0.0796. The van der Waals surface area contributed by atoms with E-state index in [-0.39, 0.29) is 6.04 Å². The number of rotatable bonds is 5. The van der Waals surface area contributed by atoms with E-state index in [1.807, 2.05) is 24.3 Å². The number of benzene rings is 1. The number of hydrogen-bond donors (Lipinski definition) is 1. The number of halogens is 1. The van der Waals surface area contributed by atoms with Crippen LogP contribution in [0.4, 0.5) is 0 Å². The summed E-state index contributed by atoms with van der Waals surface area (Å²) in [6.45, 7) is 0. The summed E-state index contributed by atoms with van der Waals surface area (Å²) in [6.07, 6.45) is 1.65. The van der Waals surface area contributed by atoms with Gasteiger partial charge in [-0.3, -0.25) is 0 Å². The maximum absolute atomic E-state index is 6.18. The molecule has 4 heteroatoms. The molecule has 0 fully saturated rings. The SMILES string of the molecule is COc1ccc(Cl)cc1CC(N)Cc1cccs1. The zero-order valence-electron chi connectivity index (χ0n) is 10.2. The fourth-order valence-electron chi connectivity index (χ4n) is 1.95. The van der Waals surface area contributed by atoms with Crippen LogP contribution < -0.4 is 10.5 Å². The lowest BCUT2D eigenvalue weighted by molar-refractivity contribution is 0.408. The van der Waals surface area contributed by atoms with Crippen molar-refractivity contribution in [3.8, 4) is 5.75 Å². The van der Waals surface area contributed by atoms with Gasteiger partial charge in [-0.1, -0.05) is 17.7 Å². The van der Waals surface area contributed by atoms with Gasteiger partial charge in [-0.15, -0.1) is 11.3 Å². The summed E-state index contributed by atoms with van der Waals surface area (Å²) in [7, 11) is 1.66. The lowest BCUT2D eigenvalue weighted by atomic mass is 10.0. The van der Waals surface area contributed by atoms with Crippen LogP contribution in [0, 0.1) is 0 Å². The van der Waals surface area contributed by atoms with Crippen molar-refractivity contribution in [2.75, 3.05) is 7.11 Å². The molecule has 0 saturated carbocycles. The molecule has 1 heterocycles. The highest BCUT2D eigenvalue weighted by Crippen LogP contribution is 2.24. The van der Waals surface area contributed by atoms with Crippen LogP contribution in [0.15, 0.2) is 35.7 Å². The van der Waals surface area contributed by atoms with Gasteiger partial charge in [0, 0.05) is 15.9 Å². The van der Waals surface area contributed by atoms with Gasteiger partial charge in [0.05, 0.1) is 7.11 Å². The van der Waals surface area contributed by atoms with Crippen molar-refractivity contribution >= 4 is 22.9 Å². The van der Waals surface area contributed by atoms with Gasteiger partial charge < -0.3 is 10.5 Å². The van der Waals surface area contributed by atoms with E-state index in [4.69, 9.17) is 22.1 Å². The van der Waals surface area contributed by atoms with Crippen molar-refractivity contribution < 1.29 is 4.74 Å². The second-order valence-electron chi connectivity index (χ2n) is 4.20. The summed E-state index contributed by atoms with van der Waals surface area (Å²) in [6, 6.07) is 9.88. The second kappa shape index (κ2) is 6.23. The summed E-state index contributed by atoms with van der Waals surface area (Å²) in [4.78, 5) is 1.31. The van der Waals surface area contributed by atoms with Crippen molar-refractivity contribution in [1.82, 2.24) is 0 Å². The largest absolute Gasteiger partial charge is 0.496 e. The van der Waals surface area contributed by atoms with Gasteiger partial charge in [-0.05, 0) is 48.1 Å². The Bertz CT molecular complexity index is 499. The summed E-state index contributed by atoms with van der Waals surface area (Å²) in [5.74, 6) is 0.848. The number of methoxy groups -OCH3 is 1. The molecule has 0 aliphatic carbocycles. The van der Waals surface area contributed by atoms with Gasteiger partial charge in [0.1, 0.15) is 5.75 Å². The fraction of sp³-hybridized carbons (Fsp3) is 0.286. The van der Waals surface area contributed by atoms with Gasteiger partial charge in [0.25, 0.3) is 0 Å². The zero-order chi connectivity index (χ0) is 13.0. The van der Waals surface area contributed by atoms with Crippen LogP contribution in [0.2, 0.25) is 5.02 Å². The molecule has 2 rings (SSSR count). The Morgan fingerprint density at radius 2 is 2.17 bits per heavy atom. The molecule has 0 spiro atoms. The van der Waals surface area contributed by atoms with Gasteiger partial charge in [-0.25, -0.2) is 0 Å². The van der Waals surface area contributed by atoms with Gasteiger partial charge in [0.2, 0.25) is 0 Å². The van der Waals surface area contributed by atoms with Gasteiger partial charge in [-0.2, -0.15) is 0 Å². The van der Waals surface area contributed by atoms with Crippen molar-refractivity contribution in [3.05, 3.63) is 51.2 Å². The van der Waals surface area contributed by atoms with Crippen LogP contribution >= 0.6 is 22.9 Å². The average molecular weight is 282 g/mol. The fourth-order valence-corrected chi connectivity index (χ4v) is 2.94. The Morgan fingerprint density at radius 3 is 2.83 bits per heavy atom. The van der Waals surface area contributed by atoms with E-state index in [1.54, 1.807) is 18.4 Å². The van der Waals surface area contributed by atoms with E-state index in [9.17, 15) is 0 Å². The van der Waals surface area contributed by atoms with Crippen LogP contribution in [-0.4, -0.2) is 13.2 Å². The second-order valence-corrected chi connectivity index (χ2v) is 5.67. The van der Waals surface area contributed by atoms with Crippen LogP contribution in [0.3, 0.4) is 0 Å². The molecule has 0 amide bonds. The molecule has 0 aliphatic heterocycles. The lowest BCUT2D eigenvalue weighted by Gasteiger charge is -2.14. The average Bonchev–Trinajstić information content (AvgIpc) is 2.82. The topological polar surface area (TPSA) is 35.2 Å². The third-order valence-corrected chi connectivity index (χ3v) is 3.90. The molecule has 1 unspecified atom stereocenters. The molecule has 2 nitrogen and oxygen atoms in total. The van der Waals surface area contributed by atoms with E-state index >= 15 is 0 Å². The van der Waals surface area contributed by atoms with E-state index in [0.717, 1.165) is 24.2 Å². The number of ether oxygens (including phenoxy) is 1. The Balaban J connectivity index is 2.06. The highest BCUT2D eigenvalue weighted by Gasteiger charge is 2.10. The molecule has 2 aromatic rings. The van der Waals surface area contributed by atoms with E-state index in [2.05, 4.69) is 11.4 Å². The zero-order valence-corrected chi connectivity index (χ0v) is 11.8. The molecule has 18 heavy (non-hydrogen) atoms. The quantitative estimate of drug-likeness (QED) is 0.910. The lowest BCUT2D eigenvalue weighted by Crippen LogP contribution is -2.25. The third kappa shape index (κ3) is 3.48. The monoisotopic (exact) mass is 281 g/mol. The van der Waals surface area contributed by atoms with Crippen LogP contribution in [0.5, 0.6) is 5.75 Å². The van der Waals surface area contributed by atoms with Crippen LogP contribution in [0.1, 0.15) is 10.4 Å². The molecule has 96 valence electrons. The van der Waals surface area contributed by atoms with Crippen molar-refractivity contribution in [1.29, 1.82) is 0 Å². The van der Waals surface area contributed by atoms with Gasteiger partial charge in [0.15, 0.2) is 0 Å². The molecule has 1 aromatic heterocycles. The summed E-state index contributed by atoms with van der Waals surface area (Å²) in [5.41, 5.74) is 7.24. The smallest absolute Gasteiger partial charge is 0.122 e. The minimum Gasteiger partial charge on any atom is -0.496 e. The van der Waals surface area contributed by atoms with Crippen molar-refractivity contribution in [2.45, 2.75) is 18.9 Å². The van der Waals surface area contributed by atoms with Crippen LogP contribution in [0.25, 0.3) is 0 Å². The van der Waals surface area contributed by atoms with Crippen molar-refractivity contribution in [2.24, 2.45) is 5.73 Å². The standard InChI is InChI=1S/C14H16ClNOS/c1-17-14-5-4-11(15)7-10(14)8-12(16)9-13-3-2-6-18-13/h2-7,12H,8-9,16H2,1H3. The Labute approximate surface area is 116 Å². The third-order valence-electron chi connectivity index (χ3n) is 2.77. The van der Waals surface area contributed by atoms with E-state index in [0.29, 0.717) is 5.02 Å². The van der Waals surface area contributed by atoms with Crippen molar-refractivity contribution in [3.63, 3.8) is 0 Å². The maximum Gasteiger partial charge on any atom is 0.122 e. The van der Waals surface area contributed by atoms with Crippen LogP contribution in [-0.2, 0) is 12.8 Å². The summed E-state index contributed by atoms with van der Waals surface area (Å²) < 4.78 is 5.32. The Morgan fingerprint density at radius 1 is 1.33 bits per heavy atom. The predicted molar refractivity (Wildman–Crippen MR) is 77.7 cm³/mol. The highest BCUT2D eigenvalue weighted by atomic mass is 35.5. The Kier molecular flexibility index (Phi) is 4.64.